The van der Waals surface area contributed by atoms with Crippen molar-refractivity contribution >= 4 is 5.91 Å². The number of hydrogen-bond acceptors (Lipinski definition) is 3. The summed E-state index contributed by atoms with van der Waals surface area (Å²) in [5.74, 6) is -0.121. The Morgan fingerprint density at radius 2 is 2.16 bits per heavy atom. The van der Waals surface area contributed by atoms with Gasteiger partial charge in [-0.15, -0.1) is 0 Å². The van der Waals surface area contributed by atoms with Gasteiger partial charge < -0.3 is 10.2 Å². The predicted molar refractivity (Wildman–Crippen MR) is 75.9 cm³/mol. The minimum absolute atomic E-state index is 0.121. The fraction of sp³-hybridized carbons (Fsp3) is 0.467. The fourth-order valence-corrected chi connectivity index (χ4v) is 1.90. The zero-order chi connectivity index (χ0) is 14.1. The number of nitrogens with zero attached hydrogens (tertiary/aromatic N) is 2. The van der Waals surface area contributed by atoms with Gasteiger partial charge in [-0.25, -0.2) is 0 Å². The van der Waals surface area contributed by atoms with Gasteiger partial charge in [0.2, 0.25) is 0 Å². The van der Waals surface area contributed by atoms with Gasteiger partial charge in [0, 0.05) is 18.7 Å². The van der Waals surface area contributed by atoms with E-state index in [1.54, 1.807) is 24.3 Å². The molecule has 0 aliphatic carbocycles. The summed E-state index contributed by atoms with van der Waals surface area (Å²) in [6.07, 6.45) is 1.12. The van der Waals surface area contributed by atoms with Crippen LogP contribution in [0.15, 0.2) is 24.3 Å². The molecule has 0 aliphatic heterocycles. The van der Waals surface area contributed by atoms with Crippen LogP contribution in [-0.4, -0.2) is 37.0 Å². The van der Waals surface area contributed by atoms with Crippen LogP contribution in [0, 0.1) is 11.3 Å². The van der Waals surface area contributed by atoms with Crippen LogP contribution in [0.5, 0.6) is 0 Å². The van der Waals surface area contributed by atoms with Gasteiger partial charge in [0.15, 0.2) is 0 Å². The highest BCUT2D eigenvalue weighted by atomic mass is 16.1. The first kappa shape index (κ1) is 15.2. The third-order valence-electron chi connectivity index (χ3n) is 2.95. The molecular weight excluding hydrogens is 238 g/mol. The van der Waals surface area contributed by atoms with E-state index in [2.05, 4.69) is 24.1 Å². The molecule has 0 radical (unpaired) electrons. The number of benzene rings is 1. The molecule has 102 valence electrons. The van der Waals surface area contributed by atoms with Gasteiger partial charge in [-0.05, 0) is 37.7 Å². The first-order valence-electron chi connectivity index (χ1n) is 6.72. The normalized spacial score (nSPS) is 10.2. The van der Waals surface area contributed by atoms with E-state index in [0.29, 0.717) is 17.7 Å². The number of hydrogen-bond donors (Lipinski definition) is 1. The second-order valence-corrected chi connectivity index (χ2v) is 4.38. The molecule has 0 aliphatic rings. The molecule has 0 heterocycles. The van der Waals surface area contributed by atoms with Gasteiger partial charge in [-0.2, -0.15) is 5.26 Å². The number of likely N-dealkylation sites (N-methyl/N-ethyl adjacent to an activating group) is 1. The van der Waals surface area contributed by atoms with Gasteiger partial charge >= 0.3 is 0 Å². The smallest absolute Gasteiger partial charge is 0.251 e. The van der Waals surface area contributed by atoms with Crippen molar-refractivity contribution in [2.75, 3.05) is 26.2 Å². The van der Waals surface area contributed by atoms with Crippen LogP contribution in [0.4, 0.5) is 0 Å². The Labute approximate surface area is 115 Å². The van der Waals surface area contributed by atoms with E-state index in [-0.39, 0.29) is 5.91 Å². The summed E-state index contributed by atoms with van der Waals surface area (Å²) in [6, 6.07) is 8.78. The van der Waals surface area contributed by atoms with Crippen molar-refractivity contribution < 1.29 is 4.79 Å². The third kappa shape index (κ3) is 5.11. The Hall–Kier alpha value is -1.86. The number of carbonyl (C=O) groups excluding carboxylic acids is 1. The number of carbonyl (C=O) groups is 1. The maximum Gasteiger partial charge on any atom is 0.251 e. The van der Waals surface area contributed by atoms with Crippen molar-refractivity contribution in [3.63, 3.8) is 0 Å². The van der Waals surface area contributed by atoms with Crippen LogP contribution in [0.25, 0.3) is 0 Å². The second-order valence-electron chi connectivity index (χ2n) is 4.38. The molecule has 0 aromatic heterocycles. The van der Waals surface area contributed by atoms with Crippen LogP contribution >= 0.6 is 0 Å². The molecule has 0 atom stereocenters. The topological polar surface area (TPSA) is 56.1 Å². The number of rotatable bonds is 7. The van der Waals surface area contributed by atoms with Crippen LogP contribution < -0.4 is 5.32 Å². The fourth-order valence-electron chi connectivity index (χ4n) is 1.90. The first-order valence-corrected chi connectivity index (χ1v) is 6.72. The van der Waals surface area contributed by atoms with Crippen molar-refractivity contribution in [3.05, 3.63) is 35.4 Å². The summed E-state index contributed by atoms with van der Waals surface area (Å²) in [6.45, 7) is 7.80. The molecule has 1 rings (SSSR count). The Bertz CT molecular complexity index is 451. The molecular formula is C15H21N3O. The summed E-state index contributed by atoms with van der Waals surface area (Å²) < 4.78 is 0. The minimum Gasteiger partial charge on any atom is -0.351 e. The summed E-state index contributed by atoms with van der Waals surface area (Å²) in [7, 11) is 0. The Morgan fingerprint density at radius 1 is 1.37 bits per heavy atom. The number of nitriles is 1. The second kappa shape index (κ2) is 8.28. The molecule has 1 N–H and O–H groups in total. The van der Waals surface area contributed by atoms with E-state index in [0.717, 1.165) is 26.1 Å². The molecule has 1 aromatic rings. The minimum atomic E-state index is -0.121. The zero-order valence-corrected chi connectivity index (χ0v) is 11.6. The lowest BCUT2D eigenvalue weighted by Crippen LogP contribution is -2.35. The summed E-state index contributed by atoms with van der Waals surface area (Å²) in [5, 5.41) is 11.7. The summed E-state index contributed by atoms with van der Waals surface area (Å²) in [4.78, 5) is 14.2. The lowest BCUT2D eigenvalue weighted by Gasteiger charge is -2.19. The van der Waals surface area contributed by atoms with E-state index in [4.69, 9.17) is 5.26 Å². The molecule has 4 nitrogen and oxygen atoms in total. The third-order valence-corrected chi connectivity index (χ3v) is 2.95. The Balaban J connectivity index is 2.45. The highest BCUT2D eigenvalue weighted by molar-refractivity contribution is 5.94. The predicted octanol–water partition coefficient (Wildman–Crippen LogP) is 2.02. The lowest BCUT2D eigenvalue weighted by atomic mass is 10.1. The average Bonchev–Trinajstić information content (AvgIpc) is 2.46. The molecule has 1 aromatic carbocycles. The molecule has 1 amide bonds. The number of amides is 1. The molecule has 19 heavy (non-hydrogen) atoms. The van der Waals surface area contributed by atoms with Crippen LogP contribution in [0.1, 0.15) is 36.2 Å². The average molecular weight is 259 g/mol. The quantitative estimate of drug-likeness (QED) is 0.815. The van der Waals surface area contributed by atoms with Crippen molar-refractivity contribution in [1.82, 2.24) is 10.2 Å². The van der Waals surface area contributed by atoms with Crippen LogP contribution in [0.3, 0.4) is 0 Å². The van der Waals surface area contributed by atoms with E-state index < -0.39 is 0 Å². The van der Waals surface area contributed by atoms with Crippen molar-refractivity contribution in [3.8, 4) is 6.07 Å². The highest BCUT2D eigenvalue weighted by Crippen LogP contribution is 2.03. The monoisotopic (exact) mass is 259 g/mol. The van der Waals surface area contributed by atoms with Crippen LogP contribution in [0.2, 0.25) is 0 Å². The van der Waals surface area contributed by atoms with Crippen molar-refractivity contribution in [2.24, 2.45) is 0 Å². The standard InChI is InChI=1S/C15H21N3O/c1-3-9-18(4-2)10-8-17-15(19)14-7-5-6-13(11-14)12-16/h5-7,11H,3-4,8-10H2,1-2H3,(H,17,19). The summed E-state index contributed by atoms with van der Waals surface area (Å²) in [5.41, 5.74) is 1.05. The molecule has 0 saturated carbocycles. The van der Waals surface area contributed by atoms with Gasteiger partial charge in [0.1, 0.15) is 0 Å². The molecule has 0 spiro atoms. The molecule has 4 heteroatoms. The maximum absolute atomic E-state index is 11.9. The van der Waals surface area contributed by atoms with E-state index in [9.17, 15) is 4.79 Å². The molecule has 0 fully saturated rings. The van der Waals surface area contributed by atoms with E-state index in [1.807, 2.05) is 6.07 Å². The molecule has 0 bridgehead atoms. The highest BCUT2D eigenvalue weighted by Gasteiger charge is 2.06. The molecule has 0 saturated heterocycles. The molecule has 0 unspecified atom stereocenters. The Morgan fingerprint density at radius 3 is 2.79 bits per heavy atom. The largest absolute Gasteiger partial charge is 0.351 e. The van der Waals surface area contributed by atoms with Gasteiger partial charge in [-0.3, -0.25) is 4.79 Å². The maximum atomic E-state index is 11.9. The Kier molecular flexibility index (Phi) is 6.62. The SMILES string of the molecule is CCCN(CC)CCNC(=O)c1cccc(C#N)c1. The van der Waals surface area contributed by atoms with Crippen LogP contribution in [-0.2, 0) is 0 Å². The van der Waals surface area contributed by atoms with Gasteiger partial charge in [-0.1, -0.05) is 19.9 Å². The van der Waals surface area contributed by atoms with Gasteiger partial charge in [0.25, 0.3) is 5.91 Å². The van der Waals surface area contributed by atoms with Crippen molar-refractivity contribution in [1.29, 1.82) is 5.26 Å². The summed E-state index contributed by atoms with van der Waals surface area (Å²) >= 11 is 0. The van der Waals surface area contributed by atoms with E-state index >= 15 is 0 Å². The van der Waals surface area contributed by atoms with Crippen molar-refractivity contribution in [2.45, 2.75) is 20.3 Å². The first-order chi connectivity index (χ1) is 9.21. The zero-order valence-electron chi connectivity index (χ0n) is 11.6. The number of nitrogens with one attached hydrogen (secondary N) is 1. The van der Waals surface area contributed by atoms with Gasteiger partial charge in [0.05, 0.1) is 11.6 Å². The lowest BCUT2D eigenvalue weighted by molar-refractivity contribution is 0.0948. The van der Waals surface area contributed by atoms with E-state index in [1.165, 1.54) is 0 Å².